The molecule has 0 spiro atoms. The number of rotatable bonds is 3. The summed E-state index contributed by atoms with van der Waals surface area (Å²) in [6.45, 7) is 0. The molecule has 0 N–H and O–H groups in total. The Hall–Kier alpha value is -0.580. The van der Waals surface area contributed by atoms with Crippen molar-refractivity contribution in [2.45, 2.75) is 31.3 Å². The van der Waals surface area contributed by atoms with Crippen LogP contribution < -0.4 is 5.11 Å². The Morgan fingerprint density at radius 2 is 1.92 bits per heavy atom. The molecule has 1 rings (SSSR count). The van der Waals surface area contributed by atoms with Gasteiger partial charge in [0.2, 0.25) is 0 Å². The lowest BCUT2D eigenvalue weighted by Crippen LogP contribution is -2.49. The fraction of sp³-hybridized carbons (Fsp3) is 0.750. The summed E-state index contributed by atoms with van der Waals surface area (Å²) in [5.41, 5.74) is -1.36. The van der Waals surface area contributed by atoms with Gasteiger partial charge in [-0.15, -0.1) is 0 Å². The highest BCUT2D eigenvalue weighted by Gasteiger charge is 2.38. The SMILES string of the molecule is O=C(CBr)OC1(C(=O)[O-])CCCC1. The standard InChI is InChI=1S/C8H11BrO4/c9-5-6(10)13-8(7(11)12)3-1-2-4-8/h1-5H2,(H,11,12)/p-1. The number of ether oxygens (including phenoxy) is 1. The van der Waals surface area contributed by atoms with Crippen molar-refractivity contribution in [1.82, 2.24) is 0 Å². The van der Waals surface area contributed by atoms with Crippen molar-refractivity contribution in [3.63, 3.8) is 0 Å². The molecular weight excluding hydrogens is 240 g/mol. The van der Waals surface area contributed by atoms with E-state index in [4.69, 9.17) is 4.74 Å². The van der Waals surface area contributed by atoms with Gasteiger partial charge in [-0.05, 0) is 25.7 Å². The number of carboxylic acids is 1. The van der Waals surface area contributed by atoms with E-state index in [0.717, 1.165) is 12.8 Å². The minimum atomic E-state index is -1.36. The number of hydrogen-bond donors (Lipinski definition) is 0. The summed E-state index contributed by atoms with van der Waals surface area (Å²) in [6, 6.07) is 0. The molecule has 5 heteroatoms. The average molecular weight is 250 g/mol. The summed E-state index contributed by atoms with van der Waals surface area (Å²) in [4.78, 5) is 21.7. The maximum absolute atomic E-state index is 10.9. The summed E-state index contributed by atoms with van der Waals surface area (Å²) >= 11 is 2.91. The Bertz CT molecular complexity index is 220. The van der Waals surface area contributed by atoms with E-state index in [1.165, 1.54) is 0 Å². The largest absolute Gasteiger partial charge is 0.546 e. The van der Waals surface area contributed by atoms with E-state index >= 15 is 0 Å². The van der Waals surface area contributed by atoms with Crippen LogP contribution in [-0.4, -0.2) is 22.9 Å². The predicted molar refractivity (Wildman–Crippen MR) is 46.1 cm³/mol. The van der Waals surface area contributed by atoms with E-state index in [1.807, 2.05) is 0 Å². The Labute approximate surface area is 84.4 Å². The lowest BCUT2D eigenvalue weighted by Gasteiger charge is -2.29. The molecule has 0 atom stereocenters. The van der Waals surface area contributed by atoms with E-state index in [9.17, 15) is 14.7 Å². The number of halogens is 1. The zero-order valence-corrected chi connectivity index (χ0v) is 8.63. The molecular formula is C8H10BrO4-. The molecule has 1 aliphatic carbocycles. The van der Waals surface area contributed by atoms with Crippen molar-refractivity contribution >= 4 is 27.9 Å². The number of hydrogen-bond acceptors (Lipinski definition) is 4. The number of aliphatic carboxylic acids is 1. The molecule has 1 saturated carbocycles. The van der Waals surface area contributed by atoms with E-state index < -0.39 is 17.5 Å². The van der Waals surface area contributed by atoms with E-state index in [1.54, 1.807) is 0 Å². The Morgan fingerprint density at radius 3 is 2.31 bits per heavy atom. The van der Waals surface area contributed by atoms with Crippen molar-refractivity contribution in [2.24, 2.45) is 0 Å². The highest BCUT2D eigenvalue weighted by atomic mass is 79.9. The topological polar surface area (TPSA) is 66.4 Å². The van der Waals surface area contributed by atoms with Crippen LogP contribution >= 0.6 is 15.9 Å². The highest BCUT2D eigenvalue weighted by Crippen LogP contribution is 2.32. The third kappa shape index (κ3) is 2.21. The van der Waals surface area contributed by atoms with Gasteiger partial charge in [-0.2, -0.15) is 0 Å². The maximum atomic E-state index is 10.9. The zero-order chi connectivity index (χ0) is 9.90. The Morgan fingerprint density at radius 1 is 1.38 bits per heavy atom. The van der Waals surface area contributed by atoms with E-state index in [-0.39, 0.29) is 5.33 Å². The number of carbonyl (C=O) groups excluding carboxylic acids is 2. The Kier molecular flexibility index (Phi) is 3.30. The molecule has 0 radical (unpaired) electrons. The number of esters is 1. The second-order valence-electron chi connectivity index (χ2n) is 3.10. The van der Waals surface area contributed by atoms with Crippen LogP contribution in [0.15, 0.2) is 0 Å². The van der Waals surface area contributed by atoms with Gasteiger partial charge in [0, 0.05) is 0 Å². The van der Waals surface area contributed by atoms with Crippen molar-refractivity contribution < 1.29 is 19.4 Å². The fourth-order valence-electron chi connectivity index (χ4n) is 1.54. The summed E-state index contributed by atoms with van der Waals surface area (Å²) in [6.07, 6.45) is 2.27. The first-order chi connectivity index (χ1) is 6.10. The van der Waals surface area contributed by atoms with Gasteiger partial charge in [-0.3, -0.25) is 4.79 Å². The van der Waals surface area contributed by atoms with Crippen LogP contribution in [0.25, 0.3) is 0 Å². The minimum absolute atomic E-state index is 0.0159. The molecule has 0 aromatic carbocycles. The van der Waals surface area contributed by atoms with Gasteiger partial charge >= 0.3 is 5.97 Å². The molecule has 0 unspecified atom stereocenters. The Balaban J connectivity index is 2.68. The molecule has 4 nitrogen and oxygen atoms in total. The molecule has 74 valence electrons. The van der Waals surface area contributed by atoms with Crippen LogP contribution in [-0.2, 0) is 14.3 Å². The third-order valence-electron chi connectivity index (χ3n) is 2.20. The number of carboxylic acid groups (broad SMARTS) is 1. The first kappa shape index (κ1) is 10.5. The number of carbonyl (C=O) groups is 2. The molecule has 0 saturated heterocycles. The van der Waals surface area contributed by atoms with Crippen LogP contribution in [0, 0.1) is 0 Å². The molecule has 0 heterocycles. The molecule has 0 aromatic heterocycles. The summed E-state index contributed by atoms with van der Waals surface area (Å²) < 4.78 is 4.86. The molecule has 0 aliphatic heterocycles. The molecule has 13 heavy (non-hydrogen) atoms. The van der Waals surface area contributed by atoms with E-state index in [2.05, 4.69) is 15.9 Å². The van der Waals surface area contributed by atoms with E-state index in [0.29, 0.717) is 12.8 Å². The molecule has 1 aliphatic rings. The fourth-order valence-corrected chi connectivity index (χ4v) is 1.65. The van der Waals surface area contributed by atoms with Crippen molar-refractivity contribution in [1.29, 1.82) is 0 Å². The summed E-state index contributed by atoms with van der Waals surface area (Å²) in [5.74, 6) is -1.83. The highest BCUT2D eigenvalue weighted by molar-refractivity contribution is 9.09. The summed E-state index contributed by atoms with van der Waals surface area (Å²) in [7, 11) is 0. The van der Waals surface area contributed by atoms with Gasteiger partial charge in [0.25, 0.3) is 0 Å². The smallest absolute Gasteiger partial charge is 0.317 e. The first-order valence-electron chi connectivity index (χ1n) is 4.10. The van der Waals surface area contributed by atoms with Crippen LogP contribution in [0.1, 0.15) is 25.7 Å². The lowest BCUT2D eigenvalue weighted by atomic mass is 10.0. The van der Waals surface area contributed by atoms with Crippen LogP contribution in [0.5, 0.6) is 0 Å². The molecule has 0 aromatic rings. The van der Waals surface area contributed by atoms with Gasteiger partial charge in [0.1, 0.15) is 5.33 Å². The summed E-state index contributed by atoms with van der Waals surface area (Å²) in [5, 5.41) is 10.8. The van der Waals surface area contributed by atoms with Gasteiger partial charge in [0.05, 0.1) is 5.97 Å². The van der Waals surface area contributed by atoms with Gasteiger partial charge in [-0.25, -0.2) is 0 Å². The van der Waals surface area contributed by atoms with Crippen molar-refractivity contribution in [2.75, 3.05) is 5.33 Å². The van der Waals surface area contributed by atoms with Gasteiger partial charge in [0.15, 0.2) is 5.60 Å². The second-order valence-corrected chi connectivity index (χ2v) is 3.66. The van der Waals surface area contributed by atoms with Crippen LogP contribution in [0.2, 0.25) is 0 Å². The number of alkyl halides is 1. The predicted octanol–water partition coefficient (Wildman–Crippen LogP) is -0.0128. The maximum Gasteiger partial charge on any atom is 0.317 e. The molecule has 1 fully saturated rings. The lowest BCUT2D eigenvalue weighted by molar-refractivity contribution is -0.325. The van der Waals surface area contributed by atoms with Gasteiger partial charge in [-0.1, -0.05) is 15.9 Å². The first-order valence-corrected chi connectivity index (χ1v) is 5.22. The second kappa shape index (κ2) is 4.09. The molecule has 0 bridgehead atoms. The van der Waals surface area contributed by atoms with Gasteiger partial charge < -0.3 is 14.6 Å². The van der Waals surface area contributed by atoms with Crippen molar-refractivity contribution in [3.8, 4) is 0 Å². The van der Waals surface area contributed by atoms with Crippen LogP contribution in [0.3, 0.4) is 0 Å². The third-order valence-corrected chi connectivity index (χ3v) is 2.66. The zero-order valence-electron chi connectivity index (χ0n) is 7.05. The van der Waals surface area contributed by atoms with Crippen LogP contribution in [0.4, 0.5) is 0 Å². The normalized spacial score (nSPS) is 19.8. The monoisotopic (exact) mass is 249 g/mol. The average Bonchev–Trinajstić information content (AvgIpc) is 2.54. The molecule has 0 amide bonds. The quantitative estimate of drug-likeness (QED) is 0.521. The minimum Gasteiger partial charge on any atom is -0.546 e. The van der Waals surface area contributed by atoms with Crippen molar-refractivity contribution in [3.05, 3.63) is 0 Å².